The molecule has 0 saturated heterocycles. The molecule has 0 unspecified atom stereocenters. The summed E-state index contributed by atoms with van der Waals surface area (Å²) in [5.41, 5.74) is 10.4. The van der Waals surface area contributed by atoms with Gasteiger partial charge in [0.05, 0.1) is 6.17 Å². The molecule has 0 saturated carbocycles. The van der Waals surface area contributed by atoms with Crippen molar-refractivity contribution >= 4 is 0 Å². The largest absolute Gasteiger partial charge is 0.316 e. The van der Waals surface area contributed by atoms with Crippen LogP contribution in [0.3, 0.4) is 0 Å². The molecule has 0 bridgehead atoms. The summed E-state index contributed by atoms with van der Waals surface area (Å²) >= 11 is 0. The van der Waals surface area contributed by atoms with Crippen molar-refractivity contribution in [2.45, 2.75) is 25.9 Å². The summed E-state index contributed by atoms with van der Waals surface area (Å²) in [7, 11) is 0. The van der Waals surface area contributed by atoms with Crippen molar-refractivity contribution in [2.75, 3.05) is 0 Å². The second-order valence-electron chi connectivity index (χ2n) is 1.45. The van der Waals surface area contributed by atoms with Crippen LogP contribution >= 0.6 is 0 Å². The van der Waals surface area contributed by atoms with Gasteiger partial charge in [-0.3, -0.25) is 0 Å². The van der Waals surface area contributed by atoms with E-state index in [4.69, 9.17) is 11.5 Å². The van der Waals surface area contributed by atoms with Gasteiger partial charge in [-0.15, -0.1) is 0 Å². The van der Waals surface area contributed by atoms with Crippen LogP contribution in [0.5, 0.6) is 0 Å². The highest BCUT2D eigenvalue weighted by molar-refractivity contribution is 4.45. The Labute approximate surface area is 61.7 Å². The van der Waals surface area contributed by atoms with Crippen molar-refractivity contribution in [3.63, 3.8) is 0 Å². The summed E-state index contributed by atoms with van der Waals surface area (Å²) in [6, 6.07) is 0. The Hall–Kier alpha value is 0.650. The molecule has 0 atom stereocenters. The monoisotopic (exact) mass is 217 g/mol. The topological polar surface area (TPSA) is 52.0 Å². The highest BCUT2D eigenvalue weighted by Gasteiger charge is 1.85. The normalized spacial score (nSPS) is 8.57. The standard InChI is InChI=1S/C4H12N2.H2I/c1-2-3-4(5)6;/h4H,2-3,5-6H2,1H3;1H2/q;+1. The van der Waals surface area contributed by atoms with Gasteiger partial charge in [0, 0.05) is 0 Å². The van der Waals surface area contributed by atoms with Crippen molar-refractivity contribution in [3.8, 4) is 0 Å². The molecule has 4 N–H and O–H groups in total. The van der Waals surface area contributed by atoms with Gasteiger partial charge < -0.3 is 11.5 Å². The molecule has 0 aliphatic rings. The minimum Gasteiger partial charge on any atom is -0.316 e. The fourth-order valence-electron chi connectivity index (χ4n) is 0.333. The van der Waals surface area contributed by atoms with Crippen LogP contribution in [0.1, 0.15) is 19.8 Å². The summed E-state index contributed by atoms with van der Waals surface area (Å²) in [5.74, 6) is 0. The van der Waals surface area contributed by atoms with Gasteiger partial charge in [-0.05, 0) is 6.42 Å². The van der Waals surface area contributed by atoms with E-state index >= 15 is 0 Å². The van der Waals surface area contributed by atoms with Crippen molar-refractivity contribution in [2.24, 2.45) is 11.5 Å². The molecule has 0 fully saturated rings. The first-order chi connectivity index (χ1) is 2.77. The van der Waals surface area contributed by atoms with Crippen LogP contribution in [0.2, 0.25) is 0 Å². The van der Waals surface area contributed by atoms with E-state index in [1.54, 1.807) is 0 Å². The molecule has 3 heteroatoms. The van der Waals surface area contributed by atoms with Crippen molar-refractivity contribution in [1.82, 2.24) is 0 Å². The third-order valence-electron chi connectivity index (χ3n) is 0.622. The maximum Gasteiger partial charge on any atom is 0.235 e. The van der Waals surface area contributed by atoms with Gasteiger partial charge in [0.1, 0.15) is 0 Å². The van der Waals surface area contributed by atoms with E-state index in [9.17, 15) is 0 Å². The smallest absolute Gasteiger partial charge is 0.235 e. The van der Waals surface area contributed by atoms with Crippen LogP contribution in [-0.4, -0.2) is 6.17 Å². The highest BCUT2D eigenvalue weighted by Crippen LogP contribution is 1.82. The maximum absolute atomic E-state index is 5.18. The van der Waals surface area contributed by atoms with Crippen molar-refractivity contribution in [3.05, 3.63) is 0 Å². The summed E-state index contributed by atoms with van der Waals surface area (Å²) in [4.78, 5) is 0. The van der Waals surface area contributed by atoms with Crippen LogP contribution in [-0.2, 0) is 0 Å². The minimum absolute atomic E-state index is 0. The van der Waals surface area contributed by atoms with E-state index in [0.717, 1.165) is 12.8 Å². The Balaban J connectivity index is 0. The number of hydrogen-bond donors (Lipinski definition) is 2. The van der Waals surface area contributed by atoms with Crippen LogP contribution in [0.4, 0.5) is 0 Å². The lowest BCUT2D eigenvalue weighted by Gasteiger charge is -1.97. The zero-order valence-electron chi connectivity index (χ0n) is 4.59. The van der Waals surface area contributed by atoms with Crippen molar-refractivity contribution in [1.29, 1.82) is 0 Å². The maximum atomic E-state index is 5.18. The van der Waals surface area contributed by atoms with Gasteiger partial charge in [0.25, 0.3) is 0 Å². The molecule has 0 aromatic carbocycles. The first-order valence-electron chi connectivity index (χ1n) is 2.28. The Kier molecular flexibility index (Phi) is 10.1. The fraction of sp³-hybridized carbons (Fsp3) is 1.00. The molecule has 0 heterocycles. The molecule has 0 aromatic rings. The zero-order chi connectivity index (χ0) is 4.99. The van der Waals surface area contributed by atoms with E-state index in [-0.39, 0.29) is 30.1 Å². The van der Waals surface area contributed by atoms with E-state index in [0.29, 0.717) is 0 Å². The number of rotatable bonds is 2. The third-order valence-corrected chi connectivity index (χ3v) is 0.622. The molecule has 0 spiro atoms. The quantitative estimate of drug-likeness (QED) is 0.372. The van der Waals surface area contributed by atoms with Crippen LogP contribution in [0.25, 0.3) is 0 Å². The average molecular weight is 217 g/mol. The second-order valence-corrected chi connectivity index (χ2v) is 1.45. The SMILES string of the molecule is CCCC(N)N.[IH2+]. The predicted molar refractivity (Wildman–Crippen MR) is 29.9 cm³/mol. The number of hydrogen-bond acceptors (Lipinski definition) is 2. The van der Waals surface area contributed by atoms with Gasteiger partial charge in [-0.25, -0.2) is 0 Å². The summed E-state index contributed by atoms with van der Waals surface area (Å²) in [6.45, 7) is 2.06. The molecule has 0 rings (SSSR count). The van der Waals surface area contributed by atoms with Gasteiger partial charge in [-0.2, -0.15) is 0 Å². The zero-order valence-corrected chi connectivity index (χ0v) is 7.15. The van der Waals surface area contributed by atoms with Crippen LogP contribution in [0, 0.1) is 0 Å². The molecular weight excluding hydrogens is 203 g/mol. The van der Waals surface area contributed by atoms with Gasteiger partial charge in [0.2, 0.25) is 24.0 Å². The van der Waals surface area contributed by atoms with Crippen LogP contribution < -0.4 is 35.4 Å². The predicted octanol–water partition coefficient (Wildman–Crippen LogP) is -3.50. The molecule has 46 valence electrons. The van der Waals surface area contributed by atoms with E-state index in [1.165, 1.54) is 0 Å². The van der Waals surface area contributed by atoms with Gasteiger partial charge >= 0.3 is 0 Å². The number of nitrogens with two attached hydrogens (primary N) is 2. The van der Waals surface area contributed by atoms with Crippen molar-refractivity contribution < 1.29 is 24.0 Å². The Morgan fingerprint density at radius 2 is 1.86 bits per heavy atom. The van der Waals surface area contributed by atoms with E-state index in [1.807, 2.05) is 0 Å². The lowest BCUT2D eigenvalue weighted by atomic mass is 10.3. The Bertz CT molecular complexity index is 30.9. The molecule has 0 aromatic heterocycles. The van der Waals surface area contributed by atoms with Gasteiger partial charge in [0.15, 0.2) is 0 Å². The fourth-order valence-corrected chi connectivity index (χ4v) is 0.333. The lowest BCUT2D eigenvalue weighted by Crippen LogP contribution is -3.00. The summed E-state index contributed by atoms with van der Waals surface area (Å²) < 4.78 is 0. The molecule has 2 nitrogen and oxygen atoms in total. The molecule has 0 amide bonds. The van der Waals surface area contributed by atoms with Crippen LogP contribution in [0.15, 0.2) is 0 Å². The Morgan fingerprint density at radius 1 is 1.43 bits per heavy atom. The molecule has 0 radical (unpaired) electrons. The average Bonchev–Trinajstić information content (AvgIpc) is 1.35. The van der Waals surface area contributed by atoms with E-state index < -0.39 is 0 Å². The molecular formula is C4H14IN2+. The lowest BCUT2D eigenvalue weighted by molar-refractivity contribution is -0.00000175. The minimum atomic E-state index is -0.102. The second kappa shape index (κ2) is 6.65. The molecule has 0 aliphatic heterocycles. The summed E-state index contributed by atoms with van der Waals surface area (Å²) in [6.07, 6.45) is 1.91. The molecule has 7 heavy (non-hydrogen) atoms. The van der Waals surface area contributed by atoms with E-state index in [2.05, 4.69) is 6.92 Å². The highest BCUT2D eigenvalue weighted by atomic mass is 127. The molecule has 0 aliphatic carbocycles. The first kappa shape index (κ1) is 10.6. The third kappa shape index (κ3) is 10.8. The summed E-state index contributed by atoms with van der Waals surface area (Å²) in [5, 5.41) is 0. The number of halogens is 1. The first-order valence-corrected chi connectivity index (χ1v) is 2.28. The van der Waals surface area contributed by atoms with Gasteiger partial charge in [-0.1, -0.05) is 13.3 Å². The Morgan fingerprint density at radius 3 is 1.86 bits per heavy atom.